The summed E-state index contributed by atoms with van der Waals surface area (Å²) in [5, 5.41) is 4.49. The first-order valence-corrected chi connectivity index (χ1v) is 5.83. The van der Waals surface area contributed by atoms with Crippen LogP contribution in [-0.4, -0.2) is 39.1 Å². The summed E-state index contributed by atoms with van der Waals surface area (Å²) in [6.07, 6.45) is 5.49. The Hall–Kier alpha value is -1.42. The van der Waals surface area contributed by atoms with Crippen molar-refractivity contribution in [2.24, 2.45) is 0 Å². The third-order valence-electron chi connectivity index (χ3n) is 3.37. The summed E-state index contributed by atoms with van der Waals surface area (Å²) in [4.78, 5) is 6.94. The normalized spacial score (nSPS) is 21.9. The van der Waals surface area contributed by atoms with Crippen molar-refractivity contribution >= 4 is 5.65 Å². The standard InChI is InChI=1S/C12H16N4/c1-15-7-4-5-10(15)9-11-13-12-6-2-3-8-16(12)14-11/h2-3,6,8,10H,4-5,7,9H2,1H3. The van der Waals surface area contributed by atoms with E-state index in [-0.39, 0.29) is 0 Å². The van der Waals surface area contributed by atoms with Gasteiger partial charge in [-0.15, -0.1) is 0 Å². The molecule has 0 aromatic carbocycles. The number of fused-ring (bicyclic) bond motifs is 1. The molecular weight excluding hydrogens is 200 g/mol. The molecule has 84 valence electrons. The van der Waals surface area contributed by atoms with Crippen LogP contribution in [0.3, 0.4) is 0 Å². The molecule has 4 heteroatoms. The summed E-state index contributed by atoms with van der Waals surface area (Å²) < 4.78 is 1.85. The Labute approximate surface area is 94.9 Å². The highest BCUT2D eigenvalue weighted by Gasteiger charge is 2.22. The molecule has 0 amide bonds. The molecule has 0 radical (unpaired) electrons. The zero-order valence-electron chi connectivity index (χ0n) is 9.50. The van der Waals surface area contributed by atoms with Crippen molar-refractivity contribution in [2.75, 3.05) is 13.6 Å². The molecule has 2 aromatic rings. The second kappa shape index (κ2) is 3.87. The lowest BCUT2D eigenvalue weighted by Gasteiger charge is -2.17. The van der Waals surface area contributed by atoms with Gasteiger partial charge in [-0.1, -0.05) is 6.07 Å². The molecule has 1 atom stereocenters. The number of likely N-dealkylation sites (tertiary alicyclic amines) is 1. The zero-order chi connectivity index (χ0) is 11.0. The maximum absolute atomic E-state index is 4.54. The minimum atomic E-state index is 0.623. The number of nitrogens with zero attached hydrogens (tertiary/aromatic N) is 4. The number of hydrogen-bond donors (Lipinski definition) is 0. The summed E-state index contributed by atoms with van der Waals surface area (Å²) in [5.41, 5.74) is 0.943. The van der Waals surface area contributed by atoms with Crippen molar-refractivity contribution in [2.45, 2.75) is 25.3 Å². The fourth-order valence-corrected chi connectivity index (χ4v) is 2.41. The molecule has 0 bridgehead atoms. The van der Waals surface area contributed by atoms with E-state index in [4.69, 9.17) is 0 Å². The minimum absolute atomic E-state index is 0.623. The molecule has 1 aliphatic rings. The van der Waals surface area contributed by atoms with E-state index >= 15 is 0 Å². The van der Waals surface area contributed by atoms with Gasteiger partial charge in [-0.25, -0.2) is 9.50 Å². The Balaban J connectivity index is 1.83. The molecule has 1 fully saturated rings. The second-order valence-electron chi connectivity index (χ2n) is 4.51. The van der Waals surface area contributed by atoms with E-state index in [9.17, 15) is 0 Å². The van der Waals surface area contributed by atoms with E-state index in [1.807, 2.05) is 28.9 Å². The highest BCUT2D eigenvalue weighted by Crippen LogP contribution is 2.17. The summed E-state index contributed by atoms with van der Waals surface area (Å²) in [6, 6.07) is 6.59. The lowest BCUT2D eigenvalue weighted by molar-refractivity contribution is 0.306. The summed E-state index contributed by atoms with van der Waals surface area (Å²) in [5.74, 6) is 0.963. The fraction of sp³-hybridized carbons (Fsp3) is 0.500. The lowest BCUT2D eigenvalue weighted by atomic mass is 10.1. The highest BCUT2D eigenvalue weighted by molar-refractivity contribution is 5.36. The van der Waals surface area contributed by atoms with Crippen molar-refractivity contribution in [1.29, 1.82) is 0 Å². The summed E-state index contributed by atoms with van der Waals surface area (Å²) >= 11 is 0. The first-order valence-electron chi connectivity index (χ1n) is 5.83. The molecule has 1 unspecified atom stereocenters. The monoisotopic (exact) mass is 216 g/mol. The number of rotatable bonds is 2. The van der Waals surface area contributed by atoms with Crippen LogP contribution in [0.2, 0.25) is 0 Å². The van der Waals surface area contributed by atoms with Crippen LogP contribution in [0.15, 0.2) is 24.4 Å². The van der Waals surface area contributed by atoms with Gasteiger partial charge in [0.15, 0.2) is 11.5 Å². The average molecular weight is 216 g/mol. The second-order valence-corrected chi connectivity index (χ2v) is 4.51. The molecule has 0 spiro atoms. The molecule has 2 aromatic heterocycles. The highest BCUT2D eigenvalue weighted by atomic mass is 15.3. The summed E-state index contributed by atoms with van der Waals surface area (Å²) in [6.45, 7) is 1.21. The van der Waals surface area contributed by atoms with Gasteiger partial charge in [0, 0.05) is 18.7 Å². The Morgan fingerprint density at radius 3 is 3.12 bits per heavy atom. The number of aromatic nitrogens is 3. The van der Waals surface area contributed by atoms with Gasteiger partial charge in [0.25, 0.3) is 0 Å². The van der Waals surface area contributed by atoms with Gasteiger partial charge in [0.05, 0.1) is 0 Å². The molecule has 3 heterocycles. The minimum Gasteiger partial charge on any atom is -0.303 e. The van der Waals surface area contributed by atoms with Crippen LogP contribution < -0.4 is 0 Å². The van der Waals surface area contributed by atoms with Gasteiger partial charge in [-0.2, -0.15) is 5.10 Å². The Morgan fingerprint density at radius 2 is 2.38 bits per heavy atom. The van der Waals surface area contributed by atoms with Crippen LogP contribution in [0.1, 0.15) is 18.7 Å². The Kier molecular flexibility index (Phi) is 2.36. The van der Waals surface area contributed by atoms with Gasteiger partial charge in [-0.05, 0) is 38.6 Å². The first-order chi connectivity index (χ1) is 7.83. The topological polar surface area (TPSA) is 33.4 Å². The largest absolute Gasteiger partial charge is 0.303 e. The summed E-state index contributed by atoms with van der Waals surface area (Å²) in [7, 11) is 2.19. The van der Waals surface area contributed by atoms with Crippen molar-refractivity contribution in [3.05, 3.63) is 30.2 Å². The van der Waals surface area contributed by atoms with E-state index in [0.717, 1.165) is 17.9 Å². The molecule has 3 rings (SSSR count). The van der Waals surface area contributed by atoms with Crippen LogP contribution in [-0.2, 0) is 6.42 Å². The Bertz CT molecular complexity index is 457. The van der Waals surface area contributed by atoms with E-state index in [2.05, 4.69) is 22.0 Å². The van der Waals surface area contributed by atoms with Gasteiger partial charge in [0.2, 0.25) is 0 Å². The SMILES string of the molecule is CN1CCCC1Cc1nc2ccccn2n1. The number of hydrogen-bond acceptors (Lipinski definition) is 3. The molecule has 0 aliphatic carbocycles. The number of pyridine rings is 1. The van der Waals surface area contributed by atoms with Gasteiger partial charge < -0.3 is 4.90 Å². The molecule has 0 N–H and O–H groups in total. The number of likely N-dealkylation sites (N-methyl/N-ethyl adjacent to an activating group) is 1. The molecule has 16 heavy (non-hydrogen) atoms. The maximum atomic E-state index is 4.54. The van der Waals surface area contributed by atoms with Crippen molar-refractivity contribution in [3.63, 3.8) is 0 Å². The van der Waals surface area contributed by atoms with E-state index in [1.54, 1.807) is 0 Å². The van der Waals surface area contributed by atoms with Crippen LogP contribution in [0.25, 0.3) is 5.65 Å². The predicted octanol–water partition coefficient (Wildman–Crippen LogP) is 1.37. The van der Waals surface area contributed by atoms with Crippen LogP contribution >= 0.6 is 0 Å². The van der Waals surface area contributed by atoms with E-state index in [0.29, 0.717) is 6.04 Å². The molecule has 4 nitrogen and oxygen atoms in total. The first kappa shape index (κ1) is 9.78. The van der Waals surface area contributed by atoms with Gasteiger partial charge >= 0.3 is 0 Å². The zero-order valence-corrected chi connectivity index (χ0v) is 9.50. The average Bonchev–Trinajstić information content (AvgIpc) is 2.85. The van der Waals surface area contributed by atoms with Crippen molar-refractivity contribution in [3.8, 4) is 0 Å². The Morgan fingerprint density at radius 1 is 1.44 bits per heavy atom. The molecule has 1 saturated heterocycles. The van der Waals surface area contributed by atoms with Crippen LogP contribution in [0.4, 0.5) is 0 Å². The van der Waals surface area contributed by atoms with Crippen LogP contribution in [0, 0.1) is 0 Å². The molecule has 0 saturated carbocycles. The fourth-order valence-electron chi connectivity index (χ4n) is 2.41. The predicted molar refractivity (Wildman–Crippen MR) is 62.3 cm³/mol. The van der Waals surface area contributed by atoms with E-state index in [1.165, 1.54) is 19.4 Å². The van der Waals surface area contributed by atoms with Crippen LogP contribution in [0.5, 0.6) is 0 Å². The van der Waals surface area contributed by atoms with Crippen molar-refractivity contribution < 1.29 is 0 Å². The smallest absolute Gasteiger partial charge is 0.155 e. The maximum Gasteiger partial charge on any atom is 0.155 e. The molecular formula is C12H16N4. The lowest BCUT2D eigenvalue weighted by Crippen LogP contribution is -2.27. The van der Waals surface area contributed by atoms with Crippen molar-refractivity contribution in [1.82, 2.24) is 19.5 Å². The van der Waals surface area contributed by atoms with E-state index < -0.39 is 0 Å². The molecule has 1 aliphatic heterocycles. The van der Waals surface area contributed by atoms with Gasteiger partial charge in [-0.3, -0.25) is 0 Å². The third kappa shape index (κ3) is 1.69. The third-order valence-corrected chi connectivity index (χ3v) is 3.37. The quantitative estimate of drug-likeness (QED) is 0.760. The van der Waals surface area contributed by atoms with Gasteiger partial charge in [0.1, 0.15) is 0 Å².